The minimum atomic E-state index is 0.557. The second-order valence-electron chi connectivity index (χ2n) is 3.09. The molecule has 0 saturated carbocycles. The first-order valence-electron chi connectivity index (χ1n) is 4.66. The maximum Gasteiger partial charge on any atom is 0.175 e. The molecule has 2 rings (SSSR count). The van der Waals surface area contributed by atoms with Gasteiger partial charge in [-0.1, -0.05) is 30.3 Å². The van der Waals surface area contributed by atoms with E-state index < -0.39 is 0 Å². The van der Waals surface area contributed by atoms with Crippen LogP contribution in [0.3, 0.4) is 0 Å². The van der Waals surface area contributed by atoms with Crippen molar-refractivity contribution in [3.63, 3.8) is 0 Å². The number of nitrogens with zero attached hydrogens (tertiary/aromatic N) is 2. The van der Waals surface area contributed by atoms with E-state index in [2.05, 4.69) is 9.98 Å². The van der Waals surface area contributed by atoms with Gasteiger partial charge in [-0.15, -0.1) is 0 Å². The lowest BCUT2D eigenvalue weighted by molar-refractivity contribution is 1.28. The lowest BCUT2D eigenvalue weighted by atomic mass is 10.2. The lowest BCUT2D eigenvalue weighted by Crippen LogP contribution is -1.87. The van der Waals surface area contributed by atoms with Crippen LogP contribution in [0.1, 0.15) is 5.56 Å². The van der Waals surface area contributed by atoms with Gasteiger partial charge in [0.1, 0.15) is 0 Å². The van der Waals surface area contributed by atoms with Crippen LogP contribution in [0.4, 0.5) is 11.5 Å². The Morgan fingerprint density at radius 3 is 2.60 bits per heavy atom. The smallest absolute Gasteiger partial charge is 0.175 e. The fraction of sp³-hybridized carbons (Fsp3) is 0. The Bertz CT molecular complexity index is 463. The summed E-state index contributed by atoms with van der Waals surface area (Å²) in [6.07, 6.45) is 3.42. The van der Waals surface area contributed by atoms with Crippen LogP contribution in [0.25, 0.3) is 0 Å². The summed E-state index contributed by atoms with van der Waals surface area (Å²) in [5.41, 5.74) is 7.33. The minimum Gasteiger partial charge on any atom is -0.396 e. The molecule has 0 amide bonds. The average Bonchev–Trinajstić information content (AvgIpc) is 2.29. The van der Waals surface area contributed by atoms with Crippen molar-refractivity contribution in [3.05, 3.63) is 54.2 Å². The van der Waals surface area contributed by atoms with Crippen LogP contribution < -0.4 is 5.73 Å². The summed E-state index contributed by atoms with van der Waals surface area (Å²) < 4.78 is 0. The van der Waals surface area contributed by atoms with E-state index in [1.54, 1.807) is 24.5 Å². The molecule has 0 bridgehead atoms. The number of hydrogen-bond donors (Lipinski definition) is 1. The van der Waals surface area contributed by atoms with Gasteiger partial charge in [-0.3, -0.25) is 0 Å². The number of nitrogens with two attached hydrogens (primary N) is 1. The van der Waals surface area contributed by atoms with Gasteiger partial charge in [0.05, 0.1) is 5.69 Å². The van der Waals surface area contributed by atoms with Gasteiger partial charge in [0.25, 0.3) is 0 Å². The van der Waals surface area contributed by atoms with Crippen LogP contribution in [0, 0.1) is 0 Å². The number of benzene rings is 1. The number of hydrogen-bond acceptors (Lipinski definition) is 3. The first-order chi connectivity index (χ1) is 7.36. The molecule has 15 heavy (non-hydrogen) atoms. The summed E-state index contributed by atoms with van der Waals surface area (Å²) >= 11 is 0. The van der Waals surface area contributed by atoms with Gasteiger partial charge in [0, 0.05) is 12.4 Å². The van der Waals surface area contributed by atoms with Crippen LogP contribution in [-0.4, -0.2) is 11.2 Å². The normalized spacial score (nSPS) is 10.7. The van der Waals surface area contributed by atoms with E-state index in [0.717, 1.165) is 5.56 Å². The van der Waals surface area contributed by atoms with Gasteiger partial charge in [-0.05, 0) is 17.7 Å². The molecule has 74 valence electrons. The molecule has 0 aliphatic heterocycles. The Balaban J connectivity index is 2.23. The third-order valence-corrected chi connectivity index (χ3v) is 1.95. The van der Waals surface area contributed by atoms with E-state index in [4.69, 9.17) is 5.73 Å². The predicted octanol–water partition coefficient (Wildman–Crippen LogP) is 2.41. The molecule has 0 radical (unpaired) electrons. The lowest BCUT2D eigenvalue weighted by Gasteiger charge is -1.96. The van der Waals surface area contributed by atoms with Crippen molar-refractivity contribution in [2.45, 2.75) is 0 Å². The van der Waals surface area contributed by atoms with E-state index >= 15 is 0 Å². The Morgan fingerprint density at radius 1 is 1.07 bits per heavy atom. The Labute approximate surface area is 88.3 Å². The third-order valence-electron chi connectivity index (χ3n) is 1.95. The molecular weight excluding hydrogens is 186 g/mol. The topological polar surface area (TPSA) is 51.3 Å². The van der Waals surface area contributed by atoms with Crippen molar-refractivity contribution in [1.82, 2.24) is 4.98 Å². The van der Waals surface area contributed by atoms with Crippen molar-refractivity contribution in [2.75, 3.05) is 5.73 Å². The van der Waals surface area contributed by atoms with Crippen LogP contribution in [0.2, 0.25) is 0 Å². The van der Waals surface area contributed by atoms with E-state index in [1.807, 2.05) is 30.3 Å². The molecular formula is C12H11N3. The molecule has 1 aromatic carbocycles. The van der Waals surface area contributed by atoms with Crippen LogP contribution in [0.15, 0.2) is 53.7 Å². The monoisotopic (exact) mass is 197 g/mol. The van der Waals surface area contributed by atoms with E-state index in [9.17, 15) is 0 Å². The van der Waals surface area contributed by atoms with Gasteiger partial charge >= 0.3 is 0 Å². The van der Waals surface area contributed by atoms with Crippen molar-refractivity contribution in [1.29, 1.82) is 0 Å². The molecule has 0 spiro atoms. The molecule has 3 nitrogen and oxygen atoms in total. The van der Waals surface area contributed by atoms with Gasteiger partial charge in [0.15, 0.2) is 5.82 Å². The maximum atomic E-state index is 5.71. The summed E-state index contributed by atoms with van der Waals surface area (Å²) in [5, 5.41) is 0. The number of aromatic nitrogens is 1. The van der Waals surface area contributed by atoms with Gasteiger partial charge in [-0.25, -0.2) is 9.98 Å². The number of anilines is 1. The summed E-state index contributed by atoms with van der Waals surface area (Å²) in [6.45, 7) is 0. The summed E-state index contributed by atoms with van der Waals surface area (Å²) in [5.74, 6) is 0.557. The molecule has 0 aliphatic carbocycles. The van der Waals surface area contributed by atoms with Gasteiger partial charge in [0.2, 0.25) is 0 Å². The van der Waals surface area contributed by atoms with Crippen molar-refractivity contribution < 1.29 is 0 Å². The Morgan fingerprint density at radius 2 is 1.87 bits per heavy atom. The molecule has 3 heteroatoms. The first kappa shape index (κ1) is 9.40. The number of aliphatic imine (C=N–C) groups is 1. The molecule has 0 fully saturated rings. The highest BCUT2D eigenvalue weighted by molar-refractivity contribution is 5.82. The molecule has 0 unspecified atom stereocenters. The second kappa shape index (κ2) is 4.37. The Kier molecular flexibility index (Phi) is 2.74. The summed E-state index contributed by atoms with van der Waals surface area (Å²) in [4.78, 5) is 8.29. The molecule has 1 aromatic heterocycles. The van der Waals surface area contributed by atoms with E-state index in [1.165, 1.54) is 0 Å². The van der Waals surface area contributed by atoms with E-state index in [0.29, 0.717) is 11.5 Å². The van der Waals surface area contributed by atoms with Crippen LogP contribution >= 0.6 is 0 Å². The molecule has 0 saturated heterocycles. The Hall–Kier alpha value is -2.16. The highest BCUT2D eigenvalue weighted by Gasteiger charge is 1.94. The quantitative estimate of drug-likeness (QED) is 0.751. The zero-order valence-electron chi connectivity index (χ0n) is 8.17. The first-order valence-corrected chi connectivity index (χ1v) is 4.66. The predicted molar refractivity (Wildman–Crippen MR) is 62.3 cm³/mol. The van der Waals surface area contributed by atoms with Crippen molar-refractivity contribution in [2.24, 2.45) is 4.99 Å². The largest absolute Gasteiger partial charge is 0.396 e. The zero-order chi connectivity index (χ0) is 10.5. The number of rotatable bonds is 2. The van der Waals surface area contributed by atoms with Gasteiger partial charge in [-0.2, -0.15) is 0 Å². The van der Waals surface area contributed by atoms with Gasteiger partial charge < -0.3 is 5.73 Å². The minimum absolute atomic E-state index is 0.557. The SMILES string of the molecule is Nc1cccnc1N=Cc1ccccc1. The highest BCUT2D eigenvalue weighted by Crippen LogP contribution is 2.16. The molecule has 0 aliphatic rings. The van der Waals surface area contributed by atoms with E-state index in [-0.39, 0.29) is 0 Å². The standard InChI is InChI=1S/C12H11N3/c13-11-7-4-8-14-12(11)15-9-10-5-2-1-3-6-10/h1-9H,13H2. The van der Waals surface area contributed by atoms with Crippen LogP contribution in [0.5, 0.6) is 0 Å². The molecule has 1 heterocycles. The number of nitrogen functional groups attached to an aromatic ring is 1. The van der Waals surface area contributed by atoms with Crippen LogP contribution in [-0.2, 0) is 0 Å². The highest BCUT2D eigenvalue weighted by atomic mass is 14.9. The summed E-state index contributed by atoms with van der Waals surface area (Å²) in [6, 6.07) is 13.4. The molecule has 2 N–H and O–H groups in total. The van der Waals surface area contributed by atoms with Crippen molar-refractivity contribution >= 4 is 17.7 Å². The van der Waals surface area contributed by atoms with Crippen molar-refractivity contribution in [3.8, 4) is 0 Å². The molecule has 0 atom stereocenters. The zero-order valence-corrected chi connectivity index (χ0v) is 8.17. The third kappa shape index (κ3) is 2.40. The second-order valence-corrected chi connectivity index (χ2v) is 3.09. The summed E-state index contributed by atoms with van der Waals surface area (Å²) in [7, 11) is 0. The maximum absolute atomic E-state index is 5.71. The molecule has 2 aromatic rings. The fourth-order valence-corrected chi connectivity index (χ4v) is 1.19. The average molecular weight is 197 g/mol. The number of pyridine rings is 1. The fourth-order valence-electron chi connectivity index (χ4n) is 1.19.